The van der Waals surface area contributed by atoms with E-state index >= 15 is 0 Å². The van der Waals surface area contributed by atoms with Crippen LogP contribution in [0.2, 0.25) is 0 Å². The summed E-state index contributed by atoms with van der Waals surface area (Å²) in [5.41, 5.74) is -0.192. The van der Waals surface area contributed by atoms with E-state index in [9.17, 15) is 19.7 Å². The van der Waals surface area contributed by atoms with Crippen molar-refractivity contribution in [3.05, 3.63) is 61.8 Å². The van der Waals surface area contributed by atoms with Crippen molar-refractivity contribution in [3.63, 3.8) is 0 Å². The van der Waals surface area contributed by atoms with Crippen LogP contribution in [0, 0.1) is 10.1 Å². The van der Waals surface area contributed by atoms with Crippen LogP contribution < -0.4 is 0 Å². The SMILES string of the molecule is COC(=O)c1cc(C(=O)N(Cc2cccs2)C2CC2)cc([N+](=O)[O-])c1. The standard InChI is InChI=1S/C17H16N2O5S/c1-24-17(21)12-7-11(8-14(9-12)19(22)23)16(20)18(13-4-5-13)10-15-3-2-6-25-15/h2-3,6-9,13H,4-5,10H2,1H3. The lowest BCUT2D eigenvalue weighted by molar-refractivity contribution is -0.384. The smallest absolute Gasteiger partial charge is 0.338 e. The van der Waals surface area contributed by atoms with E-state index < -0.39 is 10.9 Å². The van der Waals surface area contributed by atoms with Crippen LogP contribution in [-0.2, 0) is 11.3 Å². The maximum Gasteiger partial charge on any atom is 0.338 e. The Morgan fingerprint density at radius 3 is 2.60 bits per heavy atom. The normalized spacial score (nSPS) is 13.3. The second-order valence-electron chi connectivity index (χ2n) is 5.76. The Labute approximate surface area is 148 Å². The van der Waals surface area contributed by atoms with Gasteiger partial charge in [-0.15, -0.1) is 11.3 Å². The zero-order valence-corrected chi connectivity index (χ0v) is 14.3. The quantitative estimate of drug-likeness (QED) is 0.448. The summed E-state index contributed by atoms with van der Waals surface area (Å²) < 4.78 is 4.63. The largest absolute Gasteiger partial charge is 0.465 e. The number of thiophene rings is 1. The Bertz CT molecular complexity index is 814. The van der Waals surface area contributed by atoms with Crippen LogP contribution in [0.25, 0.3) is 0 Å². The summed E-state index contributed by atoms with van der Waals surface area (Å²) in [5, 5.41) is 13.1. The van der Waals surface area contributed by atoms with E-state index in [1.54, 1.807) is 16.2 Å². The Hall–Kier alpha value is -2.74. The second kappa shape index (κ2) is 7.02. The average molecular weight is 360 g/mol. The number of amides is 1. The third-order valence-electron chi connectivity index (χ3n) is 3.95. The number of nitro benzene ring substituents is 1. The molecule has 8 heteroatoms. The highest BCUT2D eigenvalue weighted by atomic mass is 32.1. The monoisotopic (exact) mass is 360 g/mol. The molecule has 2 aromatic rings. The molecule has 1 saturated carbocycles. The molecule has 0 spiro atoms. The average Bonchev–Trinajstić information content (AvgIpc) is 3.33. The molecule has 7 nitrogen and oxygen atoms in total. The molecule has 1 aliphatic rings. The lowest BCUT2D eigenvalue weighted by Crippen LogP contribution is -2.32. The van der Waals surface area contributed by atoms with Gasteiger partial charge in [-0.2, -0.15) is 0 Å². The predicted octanol–water partition coefficient (Wildman–Crippen LogP) is 3.25. The fourth-order valence-electron chi connectivity index (χ4n) is 2.56. The molecule has 0 bridgehead atoms. The molecule has 130 valence electrons. The minimum absolute atomic E-state index is 0.00748. The van der Waals surface area contributed by atoms with Crippen LogP contribution in [0.15, 0.2) is 35.7 Å². The number of hydrogen-bond donors (Lipinski definition) is 0. The molecule has 1 aliphatic carbocycles. The van der Waals surface area contributed by atoms with E-state index in [1.807, 2.05) is 17.5 Å². The van der Waals surface area contributed by atoms with Gasteiger partial charge in [0.1, 0.15) is 0 Å². The van der Waals surface area contributed by atoms with Crippen LogP contribution in [0.3, 0.4) is 0 Å². The van der Waals surface area contributed by atoms with Crippen LogP contribution in [0.1, 0.15) is 38.4 Å². The molecule has 1 amide bonds. The number of nitrogens with zero attached hydrogens (tertiary/aromatic N) is 2. The number of ether oxygens (including phenoxy) is 1. The van der Waals surface area contributed by atoms with Gasteiger partial charge < -0.3 is 9.64 Å². The highest BCUT2D eigenvalue weighted by Crippen LogP contribution is 2.31. The van der Waals surface area contributed by atoms with Gasteiger partial charge in [-0.1, -0.05) is 6.07 Å². The molecule has 1 aromatic carbocycles. The van der Waals surface area contributed by atoms with Gasteiger partial charge in [0, 0.05) is 28.6 Å². The van der Waals surface area contributed by atoms with Gasteiger partial charge in [-0.25, -0.2) is 4.79 Å². The van der Waals surface area contributed by atoms with Crippen molar-refractivity contribution >= 4 is 28.9 Å². The topological polar surface area (TPSA) is 89.8 Å². The molecule has 25 heavy (non-hydrogen) atoms. The fourth-order valence-corrected chi connectivity index (χ4v) is 3.27. The summed E-state index contributed by atoms with van der Waals surface area (Å²) in [7, 11) is 1.19. The van der Waals surface area contributed by atoms with Gasteiger partial charge in [-0.3, -0.25) is 14.9 Å². The van der Waals surface area contributed by atoms with Gasteiger partial charge >= 0.3 is 5.97 Å². The molecule has 1 aromatic heterocycles. The maximum absolute atomic E-state index is 12.9. The van der Waals surface area contributed by atoms with Crippen molar-refractivity contribution < 1.29 is 19.2 Å². The van der Waals surface area contributed by atoms with Crippen molar-refractivity contribution in [1.82, 2.24) is 4.90 Å². The van der Waals surface area contributed by atoms with Gasteiger partial charge in [-0.05, 0) is 30.4 Å². The molecular weight excluding hydrogens is 344 g/mol. The maximum atomic E-state index is 12.9. The zero-order chi connectivity index (χ0) is 18.0. The fraction of sp³-hybridized carbons (Fsp3) is 0.294. The number of methoxy groups -OCH3 is 1. The first-order valence-corrected chi connectivity index (χ1v) is 8.58. The van der Waals surface area contributed by atoms with E-state index in [1.165, 1.54) is 19.2 Å². The first kappa shape index (κ1) is 17.1. The highest BCUT2D eigenvalue weighted by Gasteiger charge is 2.34. The number of hydrogen-bond acceptors (Lipinski definition) is 6. The molecule has 0 saturated heterocycles. The molecular formula is C17H16N2O5S. The Balaban J connectivity index is 1.94. The van der Waals surface area contributed by atoms with Crippen LogP contribution >= 0.6 is 11.3 Å². The van der Waals surface area contributed by atoms with Gasteiger partial charge in [0.15, 0.2) is 0 Å². The van der Waals surface area contributed by atoms with Gasteiger partial charge in [0.05, 0.1) is 24.1 Å². The molecule has 1 heterocycles. The van der Waals surface area contributed by atoms with Crippen molar-refractivity contribution in [2.45, 2.75) is 25.4 Å². The van der Waals surface area contributed by atoms with Crippen LogP contribution in [-0.4, -0.2) is 34.9 Å². The molecule has 0 radical (unpaired) electrons. The summed E-state index contributed by atoms with van der Waals surface area (Å²) in [5.74, 6) is -1.03. The number of rotatable bonds is 6. The molecule has 0 N–H and O–H groups in total. The lowest BCUT2D eigenvalue weighted by Gasteiger charge is -2.22. The van der Waals surface area contributed by atoms with E-state index in [4.69, 9.17) is 0 Å². The van der Waals surface area contributed by atoms with E-state index in [2.05, 4.69) is 4.74 Å². The first-order valence-electron chi connectivity index (χ1n) is 7.70. The van der Waals surface area contributed by atoms with Crippen molar-refractivity contribution in [2.24, 2.45) is 0 Å². The van der Waals surface area contributed by atoms with Crippen molar-refractivity contribution in [3.8, 4) is 0 Å². The Kier molecular flexibility index (Phi) is 4.80. The number of non-ortho nitro benzene ring substituents is 1. The summed E-state index contributed by atoms with van der Waals surface area (Å²) in [6.07, 6.45) is 1.83. The molecule has 0 aliphatic heterocycles. The number of carbonyl (C=O) groups is 2. The predicted molar refractivity (Wildman–Crippen MR) is 91.7 cm³/mol. The summed E-state index contributed by atoms with van der Waals surface area (Å²) in [4.78, 5) is 38.0. The van der Waals surface area contributed by atoms with E-state index in [-0.39, 0.29) is 28.8 Å². The summed E-state index contributed by atoms with van der Waals surface area (Å²) >= 11 is 1.55. The molecule has 0 unspecified atom stereocenters. The minimum atomic E-state index is -0.714. The molecule has 0 atom stereocenters. The van der Waals surface area contributed by atoms with Gasteiger partial charge in [0.25, 0.3) is 11.6 Å². The van der Waals surface area contributed by atoms with Crippen molar-refractivity contribution in [1.29, 1.82) is 0 Å². The number of benzene rings is 1. The second-order valence-corrected chi connectivity index (χ2v) is 6.79. The third-order valence-corrected chi connectivity index (χ3v) is 4.81. The van der Waals surface area contributed by atoms with E-state index in [0.717, 1.165) is 23.8 Å². The minimum Gasteiger partial charge on any atom is -0.465 e. The first-order chi connectivity index (χ1) is 12.0. The van der Waals surface area contributed by atoms with E-state index in [0.29, 0.717) is 6.54 Å². The third kappa shape index (κ3) is 3.85. The summed E-state index contributed by atoms with van der Waals surface area (Å²) in [6, 6.07) is 7.67. The zero-order valence-electron chi connectivity index (χ0n) is 13.5. The van der Waals surface area contributed by atoms with Crippen LogP contribution in [0.5, 0.6) is 0 Å². The van der Waals surface area contributed by atoms with Crippen LogP contribution in [0.4, 0.5) is 5.69 Å². The molecule has 3 rings (SSSR count). The number of carbonyl (C=O) groups excluding carboxylic acids is 2. The van der Waals surface area contributed by atoms with Gasteiger partial charge in [0.2, 0.25) is 0 Å². The number of nitro groups is 1. The number of esters is 1. The Morgan fingerprint density at radius 2 is 2.04 bits per heavy atom. The van der Waals surface area contributed by atoms with Crippen molar-refractivity contribution in [2.75, 3.05) is 7.11 Å². The molecule has 1 fully saturated rings. The Morgan fingerprint density at radius 1 is 1.32 bits per heavy atom. The lowest BCUT2D eigenvalue weighted by atomic mass is 10.1. The summed E-state index contributed by atoms with van der Waals surface area (Å²) in [6.45, 7) is 0.456. The highest BCUT2D eigenvalue weighted by molar-refractivity contribution is 7.09.